The highest BCUT2D eigenvalue weighted by Gasteiger charge is 2.42. The highest BCUT2D eigenvalue weighted by atomic mass is 32.1. The molecule has 6 heteroatoms. The number of halogens is 1. The van der Waals surface area contributed by atoms with Gasteiger partial charge in [0, 0.05) is 10.6 Å². The molecule has 3 rings (SSSR count). The number of anilines is 1. The van der Waals surface area contributed by atoms with Gasteiger partial charge < -0.3 is 11.1 Å². The third kappa shape index (κ3) is 3.06. The number of amides is 2. The van der Waals surface area contributed by atoms with Crippen LogP contribution in [0.1, 0.15) is 47.3 Å². The van der Waals surface area contributed by atoms with Crippen LogP contribution in [-0.2, 0) is 10.2 Å². The van der Waals surface area contributed by atoms with Crippen LogP contribution in [0.25, 0.3) is 0 Å². The van der Waals surface area contributed by atoms with Gasteiger partial charge in [0.1, 0.15) is 5.82 Å². The Kier molecular flexibility index (Phi) is 4.66. The van der Waals surface area contributed by atoms with Crippen molar-refractivity contribution in [3.8, 4) is 0 Å². The molecule has 0 saturated heterocycles. The molecule has 3 N–H and O–H groups in total. The molecule has 1 aliphatic carbocycles. The first kappa shape index (κ1) is 16.6. The van der Waals surface area contributed by atoms with E-state index in [0.717, 1.165) is 43.0 Å². The topological polar surface area (TPSA) is 72.2 Å². The summed E-state index contributed by atoms with van der Waals surface area (Å²) >= 11 is 1.58. The van der Waals surface area contributed by atoms with Gasteiger partial charge in [-0.25, -0.2) is 4.39 Å². The monoisotopic (exact) mass is 346 g/mol. The molecule has 0 spiro atoms. The van der Waals surface area contributed by atoms with E-state index in [4.69, 9.17) is 5.73 Å². The number of primary amides is 1. The average Bonchev–Trinajstić information content (AvgIpc) is 3.12. The summed E-state index contributed by atoms with van der Waals surface area (Å²) in [5.74, 6) is -1.65. The summed E-state index contributed by atoms with van der Waals surface area (Å²) in [7, 11) is 0. The lowest BCUT2D eigenvalue weighted by molar-refractivity contribution is -0.122. The van der Waals surface area contributed by atoms with Crippen molar-refractivity contribution in [1.29, 1.82) is 0 Å². The first-order chi connectivity index (χ1) is 11.5. The lowest BCUT2D eigenvalue weighted by atomic mass is 9.72. The highest BCUT2D eigenvalue weighted by Crippen LogP contribution is 2.42. The van der Waals surface area contributed by atoms with Crippen molar-refractivity contribution in [3.63, 3.8) is 0 Å². The summed E-state index contributed by atoms with van der Waals surface area (Å²) in [5.41, 5.74) is 4.79. The lowest BCUT2D eigenvalue weighted by Gasteiger charge is -2.35. The van der Waals surface area contributed by atoms with Gasteiger partial charge in [0.2, 0.25) is 5.91 Å². The Bertz CT molecular complexity index is 752. The van der Waals surface area contributed by atoms with E-state index < -0.39 is 17.1 Å². The molecule has 0 unspecified atom stereocenters. The fraction of sp³-hybridized carbons (Fsp3) is 0.333. The molecule has 24 heavy (non-hydrogen) atoms. The van der Waals surface area contributed by atoms with E-state index in [1.807, 2.05) is 17.5 Å². The van der Waals surface area contributed by atoms with Gasteiger partial charge in [-0.2, -0.15) is 0 Å². The van der Waals surface area contributed by atoms with Gasteiger partial charge in [-0.05, 0) is 42.5 Å². The van der Waals surface area contributed by atoms with E-state index in [1.165, 1.54) is 12.1 Å². The van der Waals surface area contributed by atoms with E-state index >= 15 is 0 Å². The molecule has 1 saturated carbocycles. The molecule has 1 aromatic carbocycles. The Morgan fingerprint density at radius 1 is 1.17 bits per heavy atom. The molecule has 1 aliphatic rings. The minimum atomic E-state index is -0.853. The lowest BCUT2D eigenvalue weighted by Crippen LogP contribution is -2.41. The average molecular weight is 346 g/mol. The fourth-order valence-electron chi connectivity index (χ4n) is 3.33. The van der Waals surface area contributed by atoms with Gasteiger partial charge in [0.25, 0.3) is 5.91 Å². The Balaban J connectivity index is 1.90. The zero-order valence-electron chi connectivity index (χ0n) is 13.2. The molecule has 0 aliphatic heterocycles. The second-order valence-electron chi connectivity index (χ2n) is 6.13. The predicted molar refractivity (Wildman–Crippen MR) is 92.6 cm³/mol. The van der Waals surface area contributed by atoms with Crippen LogP contribution in [0.5, 0.6) is 0 Å². The van der Waals surface area contributed by atoms with Crippen LogP contribution in [0.2, 0.25) is 0 Å². The van der Waals surface area contributed by atoms with E-state index in [1.54, 1.807) is 11.3 Å². The van der Waals surface area contributed by atoms with Crippen molar-refractivity contribution in [1.82, 2.24) is 0 Å². The normalized spacial score (nSPS) is 16.5. The molecule has 126 valence electrons. The molecule has 0 radical (unpaired) electrons. The SMILES string of the molecule is NC(=O)c1cc(NC(=O)C2(c3cccs3)CCCCC2)ccc1F. The second kappa shape index (κ2) is 6.73. The van der Waals surface area contributed by atoms with Gasteiger partial charge in [-0.15, -0.1) is 11.3 Å². The number of carbonyl (C=O) groups excluding carboxylic acids is 2. The quantitative estimate of drug-likeness (QED) is 0.883. The van der Waals surface area contributed by atoms with Crippen LogP contribution in [0.4, 0.5) is 10.1 Å². The van der Waals surface area contributed by atoms with Crippen molar-refractivity contribution >= 4 is 28.8 Å². The van der Waals surface area contributed by atoms with Crippen molar-refractivity contribution in [2.24, 2.45) is 5.73 Å². The summed E-state index contributed by atoms with van der Waals surface area (Å²) in [6.45, 7) is 0. The predicted octanol–water partition coefficient (Wildman–Crippen LogP) is 3.83. The van der Waals surface area contributed by atoms with Gasteiger partial charge in [0.15, 0.2) is 0 Å². The smallest absolute Gasteiger partial charge is 0.251 e. The molecular formula is C18H19FN2O2S. The standard InChI is InChI=1S/C18H19FN2O2S/c19-14-7-6-12(11-13(14)16(20)22)21-17(23)18(8-2-1-3-9-18)15-5-4-10-24-15/h4-7,10-11H,1-3,8-9H2,(H2,20,22)(H,21,23). The zero-order chi connectivity index (χ0) is 17.2. The molecule has 1 fully saturated rings. The Morgan fingerprint density at radius 3 is 2.54 bits per heavy atom. The molecule has 2 aromatic rings. The van der Waals surface area contributed by atoms with Gasteiger partial charge in [-0.1, -0.05) is 25.3 Å². The summed E-state index contributed by atoms with van der Waals surface area (Å²) in [4.78, 5) is 25.4. The fourth-order valence-corrected chi connectivity index (χ4v) is 4.32. The maximum Gasteiger partial charge on any atom is 0.251 e. The molecule has 0 atom stereocenters. The van der Waals surface area contributed by atoms with E-state index in [9.17, 15) is 14.0 Å². The Hall–Kier alpha value is -2.21. The van der Waals surface area contributed by atoms with Crippen LogP contribution in [0.3, 0.4) is 0 Å². The first-order valence-electron chi connectivity index (χ1n) is 7.98. The highest BCUT2D eigenvalue weighted by molar-refractivity contribution is 7.10. The van der Waals surface area contributed by atoms with Crippen LogP contribution in [0, 0.1) is 5.82 Å². The molecule has 1 heterocycles. The Morgan fingerprint density at radius 2 is 1.92 bits per heavy atom. The maximum absolute atomic E-state index is 13.6. The number of thiophene rings is 1. The second-order valence-corrected chi connectivity index (χ2v) is 7.08. The minimum absolute atomic E-state index is 0.105. The first-order valence-corrected chi connectivity index (χ1v) is 8.86. The molecular weight excluding hydrogens is 327 g/mol. The summed E-state index contributed by atoms with van der Waals surface area (Å²) < 4.78 is 13.6. The van der Waals surface area contributed by atoms with Gasteiger partial charge in [-0.3, -0.25) is 9.59 Å². The molecule has 4 nitrogen and oxygen atoms in total. The van der Waals surface area contributed by atoms with Crippen LogP contribution < -0.4 is 11.1 Å². The number of rotatable bonds is 4. The molecule has 0 bridgehead atoms. The van der Waals surface area contributed by atoms with Gasteiger partial charge in [0.05, 0.1) is 11.0 Å². The van der Waals surface area contributed by atoms with E-state index in [-0.39, 0.29) is 11.5 Å². The summed E-state index contributed by atoms with van der Waals surface area (Å²) in [5, 5.41) is 4.83. The number of hydrogen-bond donors (Lipinski definition) is 2. The largest absolute Gasteiger partial charge is 0.366 e. The summed E-state index contributed by atoms with van der Waals surface area (Å²) in [6, 6.07) is 7.83. The van der Waals surface area contributed by atoms with E-state index in [0.29, 0.717) is 5.69 Å². The van der Waals surface area contributed by atoms with Crippen molar-refractivity contribution < 1.29 is 14.0 Å². The zero-order valence-corrected chi connectivity index (χ0v) is 14.0. The minimum Gasteiger partial charge on any atom is -0.366 e. The number of nitrogens with one attached hydrogen (secondary N) is 1. The molecule has 1 aromatic heterocycles. The number of benzene rings is 1. The number of nitrogens with two attached hydrogens (primary N) is 1. The van der Waals surface area contributed by atoms with Crippen LogP contribution in [-0.4, -0.2) is 11.8 Å². The van der Waals surface area contributed by atoms with Crippen molar-refractivity contribution in [2.75, 3.05) is 5.32 Å². The van der Waals surface area contributed by atoms with Gasteiger partial charge >= 0.3 is 0 Å². The third-order valence-corrected chi connectivity index (χ3v) is 5.70. The van der Waals surface area contributed by atoms with Crippen molar-refractivity contribution in [3.05, 3.63) is 52.0 Å². The Labute approximate surface area is 143 Å². The van der Waals surface area contributed by atoms with Crippen molar-refractivity contribution in [2.45, 2.75) is 37.5 Å². The number of hydrogen-bond acceptors (Lipinski definition) is 3. The molecule has 2 amide bonds. The van der Waals surface area contributed by atoms with Crippen LogP contribution in [0.15, 0.2) is 35.7 Å². The van der Waals surface area contributed by atoms with E-state index in [2.05, 4.69) is 5.32 Å². The maximum atomic E-state index is 13.6. The number of carbonyl (C=O) groups is 2. The summed E-state index contributed by atoms with van der Waals surface area (Å²) in [6.07, 6.45) is 4.72. The van der Waals surface area contributed by atoms with Crippen LogP contribution >= 0.6 is 11.3 Å². The third-order valence-electron chi connectivity index (χ3n) is 4.62.